The van der Waals surface area contributed by atoms with Crippen molar-refractivity contribution in [2.24, 2.45) is 0 Å². The maximum Gasteiger partial charge on any atom is 0.0726 e. The van der Waals surface area contributed by atoms with Crippen LogP contribution in [0.3, 0.4) is 0 Å². The van der Waals surface area contributed by atoms with Gasteiger partial charge in [0.15, 0.2) is 0 Å². The Kier molecular flexibility index (Phi) is 5.99. The van der Waals surface area contributed by atoms with Gasteiger partial charge in [0.2, 0.25) is 0 Å². The molecule has 0 saturated heterocycles. The van der Waals surface area contributed by atoms with Crippen LogP contribution in [0.4, 0.5) is 17.1 Å². The number of hydrogen-bond donors (Lipinski definition) is 0. The summed E-state index contributed by atoms with van der Waals surface area (Å²) in [7, 11) is 0. The van der Waals surface area contributed by atoms with Crippen LogP contribution < -0.4 is 4.90 Å². The molecule has 3 aliphatic rings. The van der Waals surface area contributed by atoms with E-state index in [-0.39, 0.29) is 5.41 Å². The van der Waals surface area contributed by atoms with Crippen LogP contribution in [0.2, 0.25) is 0 Å². The van der Waals surface area contributed by atoms with E-state index in [0.717, 1.165) is 0 Å². The fourth-order valence-corrected chi connectivity index (χ4v) is 11.6. The fourth-order valence-electron chi connectivity index (χ4n) is 10.5. The standard InChI is InChI=1S/C52H35NS/c1-51(2)42-20-8-3-17-37(42)40-19-13-24-47(50(40)51)53(32-27-29-49-41(30-32)39-18-7-12-25-48(39)54-49)33-26-28-38-36-16-6-11-23-45(36)52(46(38)31-33)43-21-9-4-14-34(43)35-15-5-10-22-44(35)52/h3-31H,1-2H3. The van der Waals surface area contributed by atoms with Crippen molar-refractivity contribution < 1.29 is 0 Å². The van der Waals surface area contributed by atoms with Gasteiger partial charge in [-0.1, -0.05) is 147 Å². The summed E-state index contributed by atoms with van der Waals surface area (Å²) in [5.41, 5.74) is 19.1. The van der Waals surface area contributed by atoms with E-state index in [1.807, 2.05) is 11.3 Å². The van der Waals surface area contributed by atoms with Crippen molar-refractivity contribution in [2.45, 2.75) is 24.7 Å². The van der Waals surface area contributed by atoms with Gasteiger partial charge in [0.05, 0.1) is 11.1 Å². The molecule has 0 aliphatic heterocycles. The quantitative estimate of drug-likeness (QED) is 0.177. The number of hydrogen-bond acceptors (Lipinski definition) is 2. The first-order valence-electron chi connectivity index (χ1n) is 18.9. The minimum Gasteiger partial charge on any atom is -0.310 e. The highest BCUT2D eigenvalue weighted by molar-refractivity contribution is 7.25. The third-order valence-electron chi connectivity index (χ3n) is 12.7. The van der Waals surface area contributed by atoms with Crippen molar-refractivity contribution >= 4 is 48.6 Å². The summed E-state index contributed by atoms with van der Waals surface area (Å²) < 4.78 is 2.64. The van der Waals surface area contributed by atoms with Gasteiger partial charge in [-0.3, -0.25) is 0 Å². The number of rotatable bonds is 3. The third-order valence-corrected chi connectivity index (χ3v) is 13.8. The van der Waals surface area contributed by atoms with Crippen LogP contribution in [0.5, 0.6) is 0 Å². The minimum absolute atomic E-state index is 0.183. The second-order valence-corrected chi connectivity index (χ2v) is 16.7. The molecule has 0 unspecified atom stereocenters. The Morgan fingerprint density at radius 1 is 0.389 bits per heavy atom. The zero-order valence-electron chi connectivity index (χ0n) is 30.1. The van der Waals surface area contributed by atoms with E-state index in [9.17, 15) is 0 Å². The molecule has 0 radical (unpaired) electrons. The average Bonchev–Trinajstić information content (AvgIpc) is 3.90. The van der Waals surface area contributed by atoms with Gasteiger partial charge in [0.1, 0.15) is 0 Å². The summed E-state index contributed by atoms with van der Waals surface area (Å²) in [5.74, 6) is 0. The van der Waals surface area contributed by atoms with Gasteiger partial charge in [0.25, 0.3) is 0 Å². The molecule has 0 atom stereocenters. The summed E-state index contributed by atoms with van der Waals surface area (Å²) in [4.78, 5) is 2.56. The van der Waals surface area contributed by atoms with E-state index in [4.69, 9.17) is 0 Å². The third kappa shape index (κ3) is 3.73. The van der Waals surface area contributed by atoms with Crippen molar-refractivity contribution in [3.8, 4) is 33.4 Å². The topological polar surface area (TPSA) is 3.24 Å². The van der Waals surface area contributed by atoms with Crippen LogP contribution in [-0.4, -0.2) is 0 Å². The molecule has 9 aromatic rings. The number of anilines is 3. The van der Waals surface area contributed by atoms with Gasteiger partial charge in [-0.2, -0.15) is 0 Å². The average molecular weight is 706 g/mol. The number of benzene rings is 8. The molecule has 1 heterocycles. The molecule has 54 heavy (non-hydrogen) atoms. The van der Waals surface area contributed by atoms with Crippen molar-refractivity contribution in [3.05, 3.63) is 209 Å². The highest BCUT2D eigenvalue weighted by Gasteiger charge is 2.51. The zero-order valence-corrected chi connectivity index (χ0v) is 30.9. The number of nitrogens with zero attached hydrogens (tertiary/aromatic N) is 1. The molecule has 12 rings (SSSR count). The normalized spacial score (nSPS) is 14.8. The highest BCUT2D eigenvalue weighted by Crippen LogP contribution is 2.64. The molecule has 1 spiro atoms. The van der Waals surface area contributed by atoms with Gasteiger partial charge < -0.3 is 4.90 Å². The maximum absolute atomic E-state index is 2.56. The molecule has 0 fully saturated rings. The Hall–Kier alpha value is -6.22. The fraction of sp³-hybridized carbons (Fsp3) is 0.0769. The van der Waals surface area contributed by atoms with E-state index < -0.39 is 5.41 Å². The zero-order chi connectivity index (χ0) is 35.8. The van der Waals surface area contributed by atoms with Crippen LogP contribution in [0.25, 0.3) is 53.6 Å². The summed E-state index contributed by atoms with van der Waals surface area (Å²) in [6, 6.07) is 66.4. The van der Waals surface area contributed by atoms with Crippen molar-refractivity contribution in [1.82, 2.24) is 0 Å². The summed E-state index contributed by atoms with van der Waals surface area (Å²) >= 11 is 1.88. The van der Waals surface area contributed by atoms with E-state index in [2.05, 4.69) is 195 Å². The van der Waals surface area contributed by atoms with Crippen molar-refractivity contribution in [3.63, 3.8) is 0 Å². The lowest BCUT2D eigenvalue weighted by molar-refractivity contribution is 0.661. The Morgan fingerprint density at radius 3 is 1.57 bits per heavy atom. The van der Waals surface area contributed by atoms with E-state index in [0.29, 0.717) is 0 Å². The molecule has 1 aromatic heterocycles. The van der Waals surface area contributed by atoms with Crippen molar-refractivity contribution in [2.75, 3.05) is 4.90 Å². The molecule has 8 aromatic carbocycles. The van der Waals surface area contributed by atoms with E-state index in [1.165, 1.54) is 104 Å². The SMILES string of the molecule is CC1(C)c2ccccc2-c2cccc(N(c3ccc4c(c3)C3(c5ccccc5-c5ccccc53)c3ccccc3-4)c3ccc4sc5ccccc5c4c3)c21. The van der Waals surface area contributed by atoms with Crippen LogP contribution in [0.15, 0.2) is 176 Å². The summed E-state index contributed by atoms with van der Waals surface area (Å²) in [6.45, 7) is 4.80. The smallest absolute Gasteiger partial charge is 0.0726 e. The molecular weight excluding hydrogens is 671 g/mol. The van der Waals surface area contributed by atoms with Crippen LogP contribution in [-0.2, 0) is 10.8 Å². The van der Waals surface area contributed by atoms with Gasteiger partial charge in [-0.25, -0.2) is 0 Å². The lowest BCUT2D eigenvalue weighted by Gasteiger charge is -2.34. The highest BCUT2D eigenvalue weighted by atomic mass is 32.1. The second kappa shape index (κ2) is 10.7. The summed E-state index contributed by atoms with van der Waals surface area (Å²) in [6.07, 6.45) is 0. The van der Waals surface area contributed by atoms with Gasteiger partial charge in [-0.05, 0) is 109 Å². The molecule has 0 amide bonds. The minimum atomic E-state index is -0.414. The van der Waals surface area contributed by atoms with Crippen LogP contribution >= 0.6 is 11.3 Å². The number of fused-ring (bicyclic) bond motifs is 16. The molecule has 3 aliphatic carbocycles. The Labute approximate surface area is 319 Å². The van der Waals surface area contributed by atoms with Gasteiger partial charge in [0, 0.05) is 37.0 Å². The van der Waals surface area contributed by atoms with Crippen LogP contribution in [0.1, 0.15) is 47.2 Å². The predicted octanol–water partition coefficient (Wildman–Crippen LogP) is 14.2. The molecular formula is C52H35NS. The van der Waals surface area contributed by atoms with Gasteiger partial charge >= 0.3 is 0 Å². The first kappa shape index (κ1) is 30.3. The monoisotopic (exact) mass is 705 g/mol. The lowest BCUT2D eigenvalue weighted by Crippen LogP contribution is -2.26. The largest absolute Gasteiger partial charge is 0.310 e. The lowest BCUT2D eigenvalue weighted by atomic mass is 9.70. The van der Waals surface area contributed by atoms with E-state index in [1.54, 1.807) is 0 Å². The Balaban J connectivity index is 1.17. The Bertz CT molecular complexity index is 2990. The first-order chi connectivity index (χ1) is 26.5. The molecule has 0 bridgehead atoms. The maximum atomic E-state index is 2.56. The van der Waals surface area contributed by atoms with Crippen molar-refractivity contribution in [1.29, 1.82) is 0 Å². The Morgan fingerprint density at radius 2 is 0.889 bits per heavy atom. The predicted molar refractivity (Wildman–Crippen MR) is 228 cm³/mol. The molecule has 1 nitrogen and oxygen atoms in total. The first-order valence-corrected chi connectivity index (χ1v) is 19.8. The molecule has 2 heteroatoms. The second-order valence-electron chi connectivity index (χ2n) is 15.6. The molecule has 254 valence electrons. The van der Waals surface area contributed by atoms with E-state index >= 15 is 0 Å². The summed E-state index contributed by atoms with van der Waals surface area (Å²) in [5, 5.41) is 2.62. The molecule has 0 N–H and O–H groups in total. The van der Waals surface area contributed by atoms with Gasteiger partial charge in [-0.15, -0.1) is 11.3 Å². The van der Waals surface area contributed by atoms with Crippen LogP contribution in [0, 0.1) is 0 Å². The number of thiophene rings is 1. The molecule has 0 saturated carbocycles.